The second-order valence-electron chi connectivity index (χ2n) is 3.48. The molecule has 1 unspecified atom stereocenters. The second kappa shape index (κ2) is 3.08. The molecule has 1 heterocycles. The molecule has 0 spiro atoms. The quantitative estimate of drug-likeness (QED) is 0.724. The largest absolute Gasteiger partial charge is 0.493 e. The Labute approximate surface area is 83.6 Å². The van der Waals surface area contributed by atoms with Crippen molar-refractivity contribution in [1.82, 2.24) is 0 Å². The molecule has 0 bridgehead atoms. The number of hydrogen-bond donors (Lipinski definition) is 0. The first-order chi connectivity index (χ1) is 6.68. The van der Waals surface area contributed by atoms with Gasteiger partial charge >= 0.3 is 0 Å². The summed E-state index contributed by atoms with van der Waals surface area (Å²) in [4.78, 5) is 0. The Balaban J connectivity index is 2.39. The van der Waals surface area contributed by atoms with Crippen LogP contribution >= 0.6 is 0 Å². The zero-order valence-corrected chi connectivity index (χ0v) is 8.66. The van der Waals surface area contributed by atoms with E-state index >= 15 is 0 Å². The fourth-order valence-electron chi connectivity index (χ4n) is 1.45. The minimum absolute atomic E-state index is 0.545. The molecule has 1 aliphatic rings. The zero-order chi connectivity index (χ0) is 10.2. The average molecular weight is 194 g/mol. The van der Waals surface area contributed by atoms with Gasteiger partial charge in [-0.25, -0.2) is 0 Å². The lowest BCUT2D eigenvalue weighted by Gasteiger charge is -2.20. The third-order valence-corrected chi connectivity index (χ3v) is 2.45. The van der Waals surface area contributed by atoms with E-state index in [-0.39, 0.29) is 0 Å². The molecule has 0 aliphatic carbocycles. The lowest BCUT2D eigenvalue weighted by atomic mass is 10.2. The van der Waals surface area contributed by atoms with Crippen molar-refractivity contribution in [3.8, 4) is 17.2 Å². The molecule has 1 atom stereocenters. The predicted molar refractivity (Wildman–Crippen MR) is 52.9 cm³/mol. The summed E-state index contributed by atoms with van der Waals surface area (Å²) >= 11 is 0. The van der Waals surface area contributed by atoms with Gasteiger partial charge < -0.3 is 14.2 Å². The van der Waals surface area contributed by atoms with Crippen LogP contribution in [0.15, 0.2) is 18.2 Å². The van der Waals surface area contributed by atoms with E-state index in [1.807, 2.05) is 32.0 Å². The molecule has 1 aliphatic heterocycles. The maximum atomic E-state index is 5.72. The van der Waals surface area contributed by atoms with Gasteiger partial charge in [0.05, 0.1) is 7.11 Å². The molecule has 76 valence electrons. The van der Waals surface area contributed by atoms with Crippen molar-refractivity contribution in [3.05, 3.63) is 18.2 Å². The lowest BCUT2D eigenvalue weighted by molar-refractivity contribution is -0.0647. The minimum atomic E-state index is -0.545. The van der Waals surface area contributed by atoms with Gasteiger partial charge in [0.25, 0.3) is 0 Å². The molecule has 1 aromatic rings. The number of ether oxygens (including phenoxy) is 3. The first kappa shape index (κ1) is 9.19. The number of benzene rings is 1. The number of fused-ring (bicyclic) bond motifs is 1. The maximum absolute atomic E-state index is 5.72. The van der Waals surface area contributed by atoms with Gasteiger partial charge in [-0.05, 0) is 12.1 Å². The molecule has 0 N–H and O–H groups in total. The third kappa shape index (κ3) is 1.29. The lowest BCUT2D eigenvalue weighted by Crippen LogP contribution is -2.33. The van der Waals surface area contributed by atoms with E-state index in [1.165, 1.54) is 0 Å². The Morgan fingerprint density at radius 2 is 2.14 bits per heavy atom. The molecule has 3 heteroatoms. The summed E-state index contributed by atoms with van der Waals surface area (Å²) in [5.74, 6) is 1.64. The van der Waals surface area contributed by atoms with Crippen molar-refractivity contribution in [2.24, 2.45) is 0 Å². The summed E-state index contributed by atoms with van der Waals surface area (Å²) in [7, 11) is 1.63. The summed E-state index contributed by atoms with van der Waals surface area (Å²) in [6.45, 7) is 3.95. The Kier molecular flexibility index (Phi) is 2.02. The highest BCUT2D eigenvalue weighted by atomic mass is 16.7. The molecule has 0 fully saturated rings. The van der Waals surface area contributed by atoms with E-state index in [0.717, 1.165) is 17.9 Å². The van der Waals surface area contributed by atoms with Crippen LogP contribution in [0.2, 0.25) is 0 Å². The van der Waals surface area contributed by atoms with Gasteiger partial charge in [-0.2, -0.15) is 0 Å². The molecule has 0 radical (unpaired) electrons. The molecule has 0 saturated carbocycles. The monoisotopic (exact) mass is 194 g/mol. The van der Waals surface area contributed by atoms with Gasteiger partial charge in [0.2, 0.25) is 11.5 Å². The molecule has 3 nitrogen and oxygen atoms in total. The smallest absolute Gasteiger partial charge is 0.248 e. The summed E-state index contributed by atoms with van der Waals surface area (Å²) in [6, 6.07) is 5.64. The molecule has 14 heavy (non-hydrogen) atoms. The number of rotatable bonds is 2. The normalized spacial score (nSPS) is 23.6. The predicted octanol–water partition coefficient (Wildman–Crippen LogP) is 2.59. The molecular formula is C11H14O3. The van der Waals surface area contributed by atoms with E-state index in [0.29, 0.717) is 5.75 Å². The van der Waals surface area contributed by atoms with Crippen molar-refractivity contribution < 1.29 is 14.2 Å². The van der Waals surface area contributed by atoms with Crippen molar-refractivity contribution in [1.29, 1.82) is 0 Å². The van der Waals surface area contributed by atoms with Crippen LogP contribution in [-0.2, 0) is 0 Å². The van der Waals surface area contributed by atoms with E-state index in [9.17, 15) is 0 Å². The van der Waals surface area contributed by atoms with Gasteiger partial charge in [-0.3, -0.25) is 0 Å². The van der Waals surface area contributed by atoms with Gasteiger partial charge in [-0.15, -0.1) is 0 Å². The van der Waals surface area contributed by atoms with Crippen molar-refractivity contribution in [2.45, 2.75) is 26.1 Å². The SMILES string of the molecule is CCC1(C)Oc2cccc(OC)c2O1. The van der Waals surface area contributed by atoms with Crippen molar-refractivity contribution in [2.75, 3.05) is 7.11 Å². The fourth-order valence-corrected chi connectivity index (χ4v) is 1.45. The second-order valence-corrected chi connectivity index (χ2v) is 3.48. The number of methoxy groups -OCH3 is 1. The van der Waals surface area contributed by atoms with Crippen LogP contribution in [0.1, 0.15) is 20.3 Å². The highest BCUT2D eigenvalue weighted by Crippen LogP contribution is 2.46. The molecule has 0 aromatic heterocycles. The Morgan fingerprint density at radius 1 is 1.36 bits per heavy atom. The van der Waals surface area contributed by atoms with Crippen LogP contribution in [0.4, 0.5) is 0 Å². The summed E-state index contributed by atoms with van der Waals surface area (Å²) in [6.07, 6.45) is 0.796. The average Bonchev–Trinajstić information content (AvgIpc) is 2.54. The van der Waals surface area contributed by atoms with E-state index < -0.39 is 5.79 Å². The first-order valence-electron chi connectivity index (χ1n) is 4.73. The maximum Gasteiger partial charge on any atom is 0.248 e. The summed E-state index contributed by atoms with van der Waals surface area (Å²) in [5, 5.41) is 0. The van der Waals surface area contributed by atoms with Crippen molar-refractivity contribution >= 4 is 0 Å². The zero-order valence-electron chi connectivity index (χ0n) is 8.66. The Bertz CT molecular complexity index is 348. The van der Waals surface area contributed by atoms with Gasteiger partial charge in [0.15, 0.2) is 11.5 Å². The van der Waals surface area contributed by atoms with Crippen LogP contribution < -0.4 is 14.2 Å². The van der Waals surface area contributed by atoms with Gasteiger partial charge in [-0.1, -0.05) is 13.0 Å². The molecule has 0 amide bonds. The molecule has 1 aromatic carbocycles. The molecule has 2 rings (SSSR count). The number of hydrogen-bond acceptors (Lipinski definition) is 3. The van der Waals surface area contributed by atoms with E-state index in [2.05, 4.69) is 0 Å². The number of para-hydroxylation sites is 1. The third-order valence-electron chi connectivity index (χ3n) is 2.45. The minimum Gasteiger partial charge on any atom is -0.493 e. The Hall–Kier alpha value is -1.38. The van der Waals surface area contributed by atoms with Crippen LogP contribution in [-0.4, -0.2) is 12.9 Å². The molecule has 0 saturated heterocycles. The standard InChI is InChI=1S/C11H14O3/c1-4-11(2)13-9-7-5-6-8(12-3)10(9)14-11/h5-7H,4H2,1-3H3. The first-order valence-corrected chi connectivity index (χ1v) is 4.73. The van der Waals surface area contributed by atoms with E-state index in [1.54, 1.807) is 7.11 Å². The van der Waals surface area contributed by atoms with E-state index in [4.69, 9.17) is 14.2 Å². The highest BCUT2D eigenvalue weighted by Gasteiger charge is 2.36. The molecular weight excluding hydrogens is 180 g/mol. The van der Waals surface area contributed by atoms with Crippen LogP contribution in [0.5, 0.6) is 17.2 Å². The highest BCUT2D eigenvalue weighted by molar-refractivity contribution is 5.53. The summed E-state index contributed by atoms with van der Waals surface area (Å²) < 4.78 is 16.6. The van der Waals surface area contributed by atoms with Crippen molar-refractivity contribution in [3.63, 3.8) is 0 Å². The van der Waals surface area contributed by atoms with Crippen LogP contribution in [0, 0.1) is 0 Å². The van der Waals surface area contributed by atoms with Gasteiger partial charge in [0.1, 0.15) is 0 Å². The van der Waals surface area contributed by atoms with Crippen LogP contribution in [0.3, 0.4) is 0 Å². The van der Waals surface area contributed by atoms with Gasteiger partial charge in [0, 0.05) is 13.3 Å². The fraction of sp³-hybridized carbons (Fsp3) is 0.455. The summed E-state index contributed by atoms with van der Waals surface area (Å²) in [5.41, 5.74) is 0. The Morgan fingerprint density at radius 3 is 2.79 bits per heavy atom. The van der Waals surface area contributed by atoms with Crippen LogP contribution in [0.25, 0.3) is 0 Å². The topological polar surface area (TPSA) is 27.7 Å².